The number of nitrogens with zero attached hydrogens (tertiary/aromatic N) is 1. The van der Waals surface area contributed by atoms with Crippen LogP contribution < -0.4 is 10.6 Å². The molecule has 0 saturated carbocycles. The van der Waals surface area contributed by atoms with Crippen molar-refractivity contribution in [3.05, 3.63) is 95.8 Å². The number of benzene rings is 2. The molecule has 0 radical (unpaired) electrons. The normalized spacial score (nSPS) is 11.6. The molecule has 0 unspecified atom stereocenters. The van der Waals surface area contributed by atoms with Gasteiger partial charge in [-0.15, -0.1) is 11.3 Å². The first kappa shape index (κ1) is 19.6. The van der Waals surface area contributed by atoms with E-state index in [-0.39, 0.29) is 11.7 Å². The highest BCUT2D eigenvalue weighted by molar-refractivity contribution is 7.14. The smallest absolute Gasteiger partial charge is 0.287 e. The van der Waals surface area contributed by atoms with E-state index < -0.39 is 11.9 Å². The quantitative estimate of drug-likeness (QED) is 0.467. The maximum Gasteiger partial charge on any atom is 0.287 e. The van der Waals surface area contributed by atoms with Crippen LogP contribution in [0.25, 0.3) is 11.3 Å². The minimum absolute atomic E-state index is 0.154. The van der Waals surface area contributed by atoms with E-state index in [1.807, 2.05) is 66.0 Å². The van der Waals surface area contributed by atoms with Crippen LogP contribution in [0, 0.1) is 0 Å². The van der Waals surface area contributed by atoms with E-state index in [1.54, 1.807) is 12.1 Å². The summed E-state index contributed by atoms with van der Waals surface area (Å²) in [7, 11) is 0. The minimum atomic E-state index is -0.783. The Labute approximate surface area is 177 Å². The lowest BCUT2D eigenvalue weighted by molar-refractivity contribution is -0.118. The first-order valence-electron chi connectivity index (χ1n) is 9.39. The third-order valence-corrected chi connectivity index (χ3v) is 5.21. The number of furan rings is 1. The number of nitrogens with one attached hydrogen (secondary N) is 2. The standard InChI is InChI=1S/C23H19N3O3S/c27-21(26-23-25-19(15-30-23)17-10-5-2-6-11-17)18(14-16-8-3-1-4-9-16)24-22(28)20-12-7-13-29-20/h1-13,15,18H,14H2,(H,24,28)(H,25,26,27)/t18-/m0/s1. The van der Waals surface area contributed by atoms with Crippen molar-refractivity contribution >= 4 is 28.3 Å². The molecule has 4 aromatic rings. The summed E-state index contributed by atoms with van der Waals surface area (Å²) in [4.78, 5) is 29.9. The fourth-order valence-corrected chi connectivity index (χ4v) is 3.68. The van der Waals surface area contributed by atoms with Crippen LogP contribution in [0.15, 0.2) is 88.9 Å². The SMILES string of the molecule is O=C(N[C@@H](Cc1ccccc1)C(=O)Nc1nc(-c2ccccc2)cs1)c1ccco1. The fraction of sp³-hybridized carbons (Fsp3) is 0.0870. The van der Waals surface area contributed by atoms with Gasteiger partial charge in [-0.3, -0.25) is 9.59 Å². The van der Waals surface area contributed by atoms with Gasteiger partial charge in [0.2, 0.25) is 5.91 Å². The third kappa shape index (κ3) is 4.82. The molecule has 2 amide bonds. The van der Waals surface area contributed by atoms with Gasteiger partial charge in [-0.2, -0.15) is 0 Å². The molecule has 0 bridgehead atoms. The molecule has 0 fully saturated rings. The lowest BCUT2D eigenvalue weighted by Crippen LogP contribution is -2.45. The van der Waals surface area contributed by atoms with Gasteiger partial charge in [-0.25, -0.2) is 4.98 Å². The Hall–Kier alpha value is -3.71. The van der Waals surface area contributed by atoms with Gasteiger partial charge in [-0.1, -0.05) is 60.7 Å². The van der Waals surface area contributed by atoms with Crippen molar-refractivity contribution in [2.24, 2.45) is 0 Å². The van der Waals surface area contributed by atoms with Gasteiger partial charge in [0, 0.05) is 17.4 Å². The van der Waals surface area contributed by atoms with E-state index in [9.17, 15) is 9.59 Å². The van der Waals surface area contributed by atoms with Crippen LogP contribution >= 0.6 is 11.3 Å². The van der Waals surface area contributed by atoms with E-state index in [1.165, 1.54) is 17.6 Å². The molecule has 0 aliphatic rings. The summed E-state index contributed by atoms with van der Waals surface area (Å²) in [5.41, 5.74) is 2.69. The average Bonchev–Trinajstić information content (AvgIpc) is 3.47. The van der Waals surface area contributed by atoms with E-state index in [0.717, 1.165) is 16.8 Å². The van der Waals surface area contributed by atoms with Crippen LogP contribution in [-0.2, 0) is 11.2 Å². The van der Waals surface area contributed by atoms with Crippen molar-refractivity contribution in [1.82, 2.24) is 10.3 Å². The third-order valence-electron chi connectivity index (χ3n) is 4.45. The largest absolute Gasteiger partial charge is 0.459 e. The lowest BCUT2D eigenvalue weighted by atomic mass is 10.1. The Kier molecular flexibility index (Phi) is 6.01. The second kappa shape index (κ2) is 9.19. The Morgan fingerprint density at radius 2 is 1.70 bits per heavy atom. The molecular formula is C23H19N3O3S. The van der Waals surface area contributed by atoms with E-state index in [2.05, 4.69) is 15.6 Å². The molecule has 2 heterocycles. The van der Waals surface area contributed by atoms with Crippen LogP contribution in [-0.4, -0.2) is 22.8 Å². The maximum absolute atomic E-state index is 13.0. The highest BCUT2D eigenvalue weighted by Crippen LogP contribution is 2.24. The molecule has 0 spiro atoms. The summed E-state index contributed by atoms with van der Waals surface area (Å²) in [6.07, 6.45) is 1.76. The number of carbonyl (C=O) groups excluding carboxylic acids is 2. The molecule has 6 nitrogen and oxygen atoms in total. The molecule has 30 heavy (non-hydrogen) atoms. The highest BCUT2D eigenvalue weighted by atomic mass is 32.1. The fourth-order valence-electron chi connectivity index (χ4n) is 2.96. The number of thiazole rings is 1. The van der Waals surface area contributed by atoms with E-state index in [4.69, 9.17) is 4.42 Å². The molecule has 2 aromatic carbocycles. The number of hydrogen-bond acceptors (Lipinski definition) is 5. The second-order valence-corrected chi connectivity index (χ2v) is 7.44. The molecule has 4 rings (SSSR count). The van der Waals surface area contributed by atoms with Crippen molar-refractivity contribution in [1.29, 1.82) is 0 Å². The van der Waals surface area contributed by atoms with Crippen molar-refractivity contribution in [3.8, 4) is 11.3 Å². The summed E-state index contributed by atoms with van der Waals surface area (Å²) in [5.74, 6) is -0.630. The molecule has 0 aliphatic heterocycles. The molecule has 0 saturated heterocycles. The second-order valence-electron chi connectivity index (χ2n) is 6.59. The predicted molar refractivity (Wildman–Crippen MR) is 116 cm³/mol. The summed E-state index contributed by atoms with van der Waals surface area (Å²) < 4.78 is 5.14. The van der Waals surface area contributed by atoms with Gasteiger partial charge in [-0.05, 0) is 17.7 Å². The van der Waals surface area contributed by atoms with Gasteiger partial charge in [0.05, 0.1) is 12.0 Å². The van der Waals surface area contributed by atoms with Crippen LogP contribution in [0.4, 0.5) is 5.13 Å². The van der Waals surface area contributed by atoms with Crippen LogP contribution in [0.2, 0.25) is 0 Å². The van der Waals surface area contributed by atoms with Gasteiger partial charge >= 0.3 is 0 Å². The topological polar surface area (TPSA) is 84.2 Å². The van der Waals surface area contributed by atoms with Crippen molar-refractivity contribution in [2.75, 3.05) is 5.32 Å². The number of aromatic nitrogens is 1. The molecule has 2 N–H and O–H groups in total. The summed E-state index contributed by atoms with van der Waals surface area (Å²) in [6.45, 7) is 0. The summed E-state index contributed by atoms with van der Waals surface area (Å²) in [6, 6.07) is 21.7. The van der Waals surface area contributed by atoms with Crippen molar-refractivity contribution in [2.45, 2.75) is 12.5 Å². The van der Waals surface area contributed by atoms with Gasteiger partial charge in [0.1, 0.15) is 6.04 Å². The minimum Gasteiger partial charge on any atom is -0.459 e. The molecule has 2 aromatic heterocycles. The number of anilines is 1. The molecule has 0 aliphatic carbocycles. The molecular weight excluding hydrogens is 398 g/mol. The highest BCUT2D eigenvalue weighted by Gasteiger charge is 2.24. The lowest BCUT2D eigenvalue weighted by Gasteiger charge is -2.17. The summed E-state index contributed by atoms with van der Waals surface area (Å²) >= 11 is 1.34. The Bertz CT molecular complexity index is 1110. The van der Waals surface area contributed by atoms with E-state index in [0.29, 0.717) is 11.6 Å². The summed E-state index contributed by atoms with van der Waals surface area (Å²) in [5, 5.41) is 7.95. The van der Waals surface area contributed by atoms with Crippen LogP contribution in [0.1, 0.15) is 16.1 Å². The zero-order valence-corrected chi connectivity index (χ0v) is 16.8. The zero-order chi connectivity index (χ0) is 20.8. The first-order chi connectivity index (χ1) is 14.7. The first-order valence-corrected chi connectivity index (χ1v) is 10.3. The van der Waals surface area contributed by atoms with Gasteiger partial charge in [0.15, 0.2) is 10.9 Å². The van der Waals surface area contributed by atoms with Crippen molar-refractivity contribution in [3.63, 3.8) is 0 Å². The van der Waals surface area contributed by atoms with Gasteiger partial charge < -0.3 is 15.1 Å². The number of rotatable bonds is 7. The molecule has 1 atom stereocenters. The maximum atomic E-state index is 13.0. The zero-order valence-electron chi connectivity index (χ0n) is 15.9. The average molecular weight is 417 g/mol. The monoisotopic (exact) mass is 417 g/mol. The molecule has 150 valence electrons. The number of carbonyl (C=O) groups is 2. The van der Waals surface area contributed by atoms with E-state index >= 15 is 0 Å². The van der Waals surface area contributed by atoms with Crippen molar-refractivity contribution < 1.29 is 14.0 Å². The van der Waals surface area contributed by atoms with Gasteiger partial charge in [0.25, 0.3) is 5.91 Å². The van der Waals surface area contributed by atoms with Crippen LogP contribution in [0.3, 0.4) is 0 Å². The Morgan fingerprint density at radius 1 is 0.967 bits per heavy atom. The predicted octanol–water partition coefficient (Wildman–Crippen LogP) is 4.38. The van der Waals surface area contributed by atoms with Crippen LogP contribution in [0.5, 0.6) is 0 Å². The Morgan fingerprint density at radius 3 is 2.40 bits per heavy atom. The number of hydrogen-bond donors (Lipinski definition) is 2. The Balaban J connectivity index is 1.50. The number of amides is 2. The molecule has 7 heteroatoms.